The van der Waals surface area contributed by atoms with Crippen LogP contribution >= 0.6 is 0 Å². The van der Waals surface area contributed by atoms with Crippen LogP contribution in [0.2, 0.25) is 0 Å². The zero-order valence-electron chi connectivity index (χ0n) is 28.7. The molecule has 254 valence electrons. The molecule has 48 heavy (non-hydrogen) atoms. The van der Waals surface area contributed by atoms with Gasteiger partial charge in [0.15, 0.2) is 11.5 Å². The number of nitrogens with one attached hydrogen (secondary N) is 1. The molecule has 0 radical (unpaired) electrons. The van der Waals surface area contributed by atoms with Crippen molar-refractivity contribution in [2.24, 2.45) is 0 Å². The predicted molar refractivity (Wildman–Crippen MR) is 189 cm³/mol. The van der Waals surface area contributed by atoms with Crippen LogP contribution in [0.4, 0.5) is 5.69 Å². The van der Waals surface area contributed by atoms with Gasteiger partial charge < -0.3 is 19.7 Å². The number of aryl methyl sites for hydroxylation is 2. The van der Waals surface area contributed by atoms with Gasteiger partial charge in [-0.2, -0.15) is 0 Å². The van der Waals surface area contributed by atoms with E-state index in [-0.39, 0.29) is 29.5 Å². The van der Waals surface area contributed by atoms with Crippen molar-refractivity contribution in [3.05, 3.63) is 119 Å². The van der Waals surface area contributed by atoms with E-state index < -0.39 is 34.1 Å². The van der Waals surface area contributed by atoms with Crippen molar-refractivity contribution in [1.82, 2.24) is 10.2 Å². The number of rotatable bonds is 13. The smallest absolute Gasteiger partial charge is 0.264 e. The molecule has 1 atom stereocenters. The van der Waals surface area contributed by atoms with Gasteiger partial charge in [-0.05, 0) is 70.0 Å². The summed E-state index contributed by atoms with van der Waals surface area (Å²) in [6.07, 6.45) is 0.229. The molecule has 4 rings (SSSR count). The maximum absolute atomic E-state index is 14.7. The number of ether oxygens (including phenoxy) is 2. The molecule has 10 heteroatoms. The minimum atomic E-state index is -4.32. The van der Waals surface area contributed by atoms with Crippen LogP contribution in [0.3, 0.4) is 0 Å². The number of benzene rings is 4. The molecule has 0 aliphatic carbocycles. The van der Waals surface area contributed by atoms with Crippen LogP contribution in [-0.2, 0) is 32.6 Å². The number of methoxy groups -OCH3 is 2. The molecule has 0 saturated heterocycles. The fourth-order valence-corrected chi connectivity index (χ4v) is 6.67. The number of carbonyl (C=O) groups is 2. The minimum Gasteiger partial charge on any atom is -0.493 e. The highest BCUT2D eigenvalue weighted by molar-refractivity contribution is 7.92. The molecule has 4 aromatic rings. The van der Waals surface area contributed by atoms with Gasteiger partial charge in [-0.3, -0.25) is 13.9 Å². The Morgan fingerprint density at radius 2 is 1.35 bits per heavy atom. The Balaban J connectivity index is 1.83. The third-order valence-corrected chi connectivity index (χ3v) is 9.56. The van der Waals surface area contributed by atoms with E-state index in [1.165, 1.54) is 37.3 Å². The van der Waals surface area contributed by atoms with Gasteiger partial charge in [-0.25, -0.2) is 8.42 Å². The van der Waals surface area contributed by atoms with Gasteiger partial charge >= 0.3 is 0 Å². The summed E-state index contributed by atoms with van der Waals surface area (Å²) in [5.41, 5.74) is 3.38. The molecule has 4 aromatic carbocycles. The molecule has 0 aliphatic rings. The van der Waals surface area contributed by atoms with E-state index in [0.29, 0.717) is 11.4 Å². The maximum Gasteiger partial charge on any atom is 0.264 e. The second-order valence-electron chi connectivity index (χ2n) is 12.8. The summed E-state index contributed by atoms with van der Waals surface area (Å²) < 4.78 is 40.6. The number of amides is 2. The Morgan fingerprint density at radius 3 is 1.92 bits per heavy atom. The molecule has 0 aromatic heterocycles. The molecule has 0 bridgehead atoms. The number of hydrogen-bond acceptors (Lipinski definition) is 6. The Labute approximate surface area is 284 Å². The largest absolute Gasteiger partial charge is 0.493 e. The van der Waals surface area contributed by atoms with E-state index in [1.54, 1.807) is 24.3 Å². The topological polar surface area (TPSA) is 105 Å². The number of hydrogen-bond donors (Lipinski definition) is 1. The number of sulfonamides is 1. The highest BCUT2D eigenvalue weighted by Gasteiger charge is 2.36. The average molecular weight is 672 g/mol. The quantitative estimate of drug-likeness (QED) is 0.185. The molecule has 0 fully saturated rings. The van der Waals surface area contributed by atoms with Gasteiger partial charge in [0, 0.05) is 24.6 Å². The van der Waals surface area contributed by atoms with Crippen molar-refractivity contribution >= 4 is 27.5 Å². The molecular formula is C38H45N3O6S. The predicted octanol–water partition coefficient (Wildman–Crippen LogP) is 6.07. The Kier molecular flexibility index (Phi) is 11.5. The minimum absolute atomic E-state index is 0.0788. The van der Waals surface area contributed by atoms with Crippen molar-refractivity contribution < 1.29 is 27.5 Å². The molecule has 0 heterocycles. The van der Waals surface area contributed by atoms with E-state index in [1.807, 2.05) is 89.2 Å². The Morgan fingerprint density at radius 1 is 0.771 bits per heavy atom. The van der Waals surface area contributed by atoms with Crippen molar-refractivity contribution in [1.29, 1.82) is 0 Å². The summed E-state index contributed by atoms with van der Waals surface area (Å²) in [6, 6.07) is 27.5. The molecule has 0 spiro atoms. The van der Waals surface area contributed by atoms with E-state index in [4.69, 9.17) is 9.47 Å². The zero-order valence-corrected chi connectivity index (χ0v) is 29.5. The first-order valence-electron chi connectivity index (χ1n) is 15.7. The van der Waals surface area contributed by atoms with Crippen LogP contribution in [0.1, 0.15) is 43.0 Å². The normalized spacial score (nSPS) is 12.1. The van der Waals surface area contributed by atoms with Crippen molar-refractivity contribution in [3.8, 4) is 11.5 Å². The third-order valence-electron chi connectivity index (χ3n) is 7.79. The fourth-order valence-electron chi connectivity index (χ4n) is 5.24. The molecular weight excluding hydrogens is 627 g/mol. The first kappa shape index (κ1) is 36.0. The Hall–Kier alpha value is -4.83. The van der Waals surface area contributed by atoms with Crippen LogP contribution in [-0.4, -0.2) is 57.5 Å². The number of nitrogens with zero attached hydrogens (tertiary/aromatic N) is 2. The second-order valence-corrected chi connectivity index (χ2v) is 14.7. The van der Waals surface area contributed by atoms with Gasteiger partial charge in [-0.1, -0.05) is 77.9 Å². The second kappa shape index (κ2) is 15.4. The fraction of sp³-hybridized carbons (Fsp3) is 0.316. The highest BCUT2D eigenvalue weighted by atomic mass is 32.2. The lowest BCUT2D eigenvalue weighted by atomic mass is 10.0. The molecule has 0 saturated carbocycles. The van der Waals surface area contributed by atoms with Crippen LogP contribution in [0.5, 0.6) is 11.5 Å². The van der Waals surface area contributed by atoms with Crippen molar-refractivity contribution in [3.63, 3.8) is 0 Å². The third kappa shape index (κ3) is 9.16. The van der Waals surface area contributed by atoms with Gasteiger partial charge in [0.2, 0.25) is 11.8 Å². The lowest BCUT2D eigenvalue weighted by Crippen LogP contribution is -2.56. The summed E-state index contributed by atoms with van der Waals surface area (Å²) in [5, 5.41) is 3.05. The lowest BCUT2D eigenvalue weighted by Gasteiger charge is -2.35. The van der Waals surface area contributed by atoms with Gasteiger partial charge in [0.1, 0.15) is 12.6 Å². The molecule has 9 nitrogen and oxygen atoms in total. The van der Waals surface area contributed by atoms with E-state index in [9.17, 15) is 18.0 Å². The molecule has 2 amide bonds. The molecule has 0 unspecified atom stereocenters. The SMILES string of the molecule is COc1ccc(S(=O)(=O)N(CC(=O)N(Cc2ccc(C)cc2)[C@@H](Cc2ccccc2)C(=O)NC(C)(C)C)c2ccc(C)cc2)cc1OC. The summed E-state index contributed by atoms with van der Waals surface area (Å²) in [4.78, 5) is 30.1. The van der Waals surface area contributed by atoms with Gasteiger partial charge in [0.05, 0.1) is 24.8 Å². The molecule has 1 N–H and O–H groups in total. The van der Waals surface area contributed by atoms with Gasteiger partial charge in [0.25, 0.3) is 10.0 Å². The molecule has 0 aliphatic heterocycles. The summed E-state index contributed by atoms with van der Waals surface area (Å²) in [7, 11) is -1.43. The number of anilines is 1. The van der Waals surface area contributed by atoms with E-state index in [2.05, 4.69) is 5.32 Å². The maximum atomic E-state index is 14.7. The van der Waals surface area contributed by atoms with Crippen LogP contribution < -0.4 is 19.1 Å². The standard InChI is InChI=1S/C38H45N3O6S/c1-27-13-17-30(18-14-27)25-40(33(37(43)39-38(3,4)5)23-29-11-9-8-10-12-29)36(42)26-41(31-19-15-28(2)16-20-31)48(44,45)32-21-22-34(46-6)35(24-32)47-7/h8-22,24,33H,23,25-26H2,1-7H3,(H,39,43)/t33-/m0/s1. The summed E-state index contributed by atoms with van der Waals surface area (Å²) >= 11 is 0. The van der Waals surface area contributed by atoms with Crippen molar-refractivity contribution in [2.45, 2.75) is 64.1 Å². The van der Waals surface area contributed by atoms with E-state index in [0.717, 1.165) is 26.6 Å². The summed E-state index contributed by atoms with van der Waals surface area (Å²) in [6.45, 7) is 9.04. The highest BCUT2D eigenvalue weighted by Crippen LogP contribution is 2.32. The lowest BCUT2D eigenvalue weighted by molar-refractivity contribution is -0.140. The van der Waals surface area contributed by atoms with Crippen LogP contribution in [0.15, 0.2) is 102 Å². The summed E-state index contributed by atoms with van der Waals surface area (Å²) in [5.74, 6) is -0.273. The first-order valence-corrected chi connectivity index (χ1v) is 17.2. The zero-order chi connectivity index (χ0) is 35.1. The first-order chi connectivity index (χ1) is 22.7. The van der Waals surface area contributed by atoms with Crippen LogP contribution in [0, 0.1) is 13.8 Å². The average Bonchev–Trinajstić information content (AvgIpc) is 3.05. The number of carbonyl (C=O) groups excluding carboxylic acids is 2. The van der Waals surface area contributed by atoms with Crippen molar-refractivity contribution in [2.75, 3.05) is 25.1 Å². The van der Waals surface area contributed by atoms with Gasteiger partial charge in [-0.15, -0.1) is 0 Å². The van der Waals surface area contributed by atoms with E-state index >= 15 is 0 Å². The van der Waals surface area contributed by atoms with Crippen LogP contribution in [0.25, 0.3) is 0 Å². The monoisotopic (exact) mass is 671 g/mol. The Bertz CT molecular complexity index is 1800.